The maximum absolute atomic E-state index is 4.32. The minimum absolute atomic E-state index is 0.860. The summed E-state index contributed by atoms with van der Waals surface area (Å²) in [7, 11) is 0. The normalized spacial score (nSPS) is 22.0. The highest BCUT2D eigenvalue weighted by Gasteiger charge is 2.16. The molecule has 0 fully saturated rings. The predicted molar refractivity (Wildman–Crippen MR) is 50.2 cm³/mol. The Labute approximate surface area is 73.8 Å². The van der Waals surface area contributed by atoms with Crippen LogP contribution in [-0.2, 0) is 12.8 Å². The monoisotopic (exact) mass is 161 g/mol. The summed E-state index contributed by atoms with van der Waals surface area (Å²) in [6.45, 7) is 4.45. The molecule has 1 aliphatic rings. The molecule has 0 saturated carbocycles. The van der Waals surface area contributed by atoms with Crippen molar-refractivity contribution in [2.75, 3.05) is 0 Å². The number of aryl methyl sites for hydroxylation is 1. The summed E-state index contributed by atoms with van der Waals surface area (Å²) < 4.78 is 0. The van der Waals surface area contributed by atoms with E-state index in [2.05, 4.69) is 24.9 Å². The van der Waals surface area contributed by atoms with Crippen LogP contribution in [0.1, 0.15) is 30.2 Å². The first-order valence-electron chi connectivity index (χ1n) is 4.70. The molecule has 0 aromatic carbocycles. The summed E-state index contributed by atoms with van der Waals surface area (Å²) in [5, 5.41) is 0. The SMILES string of the molecule is Cc1nccc2c1CCC(C)C2. The fourth-order valence-electron chi connectivity index (χ4n) is 2.05. The highest BCUT2D eigenvalue weighted by molar-refractivity contribution is 5.31. The molecule has 0 amide bonds. The third kappa shape index (κ3) is 1.24. The molecule has 1 aliphatic carbocycles. The number of rotatable bonds is 0. The van der Waals surface area contributed by atoms with Crippen LogP contribution in [0.3, 0.4) is 0 Å². The third-order valence-electron chi connectivity index (χ3n) is 2.82. The predicted octanol–water partition coefficient (Wildman–Crippen LogP) is 2.51. The highest BCUT2D eigenvalue weighted by Crippen LogP contribution is 2.25. The lowest BCUT2D eigenvalue weighted by Crippen LogP contribution is -2.12. The first-order valence-corrected chi connectivity index (χ1v) is 4.70. The molecule has 1 nitrogen and oxygen atoms in total. The van der Waals surface area contributed by atoms with Crippen LogP contribution >= 0.6 is 0 Å². The van der Waals surface area contributed by atoms with E-state index in [1.165, 1.54) is 36.1 Å². The largest absolute Gasteiger partial charge is 0.261 e. The fourth-order valence-corrected chi connectivity index (χ4v) is 2.05. The number of hydrogen-bond donors (Lipinski definition) is 0. The topological polar surface area (TPSA) is 12.9 Å². The first-order chi connectivity index (χ1) is 5.77. The van der Waals surface area contributed by atoms with Crippen molar-refractivity contribution in [1.82, 2.24) is 4.98 Å². The number of fused-ring (bicyclic) bond motifs is 1. The quantitative estimate of drug-likeness (QED) is 0.569. The summed E-state index contributed by atoms with van der Waals surface area (Å²) in [4.78, 5) is 4.32. The van der Waals surface area contributed by atoms with E-state index in [1.807, 2.05) is 6.20 Å². The average Bonchev–Trinajstić information content (AvgIpc) is 2.04. The molecule has 0 aliphatic heterocycles. The van der Waals surface area contributed by atoms with Gasteiger partial charge in [0.05, 0.1) is 0 Å². The van der Waals surface area contributed by atoms with Crippen molar-refractivity contribution >= 4 is 0 Å². The molecule has 0 radical (unpaired) electrons. The zero-order valence-electron chi connectivity index (χ0n) is 7.80. The van der Waals surface area contributed by atoms with Crippen LogP contribution in [0.5, 0.6) is 0 Å². The molecule has 0 spiro atoms. The molecule has 2 rings (SSSR count). The number of pyridine rings is 1. The zero-order chi connectivity index (χ0) is 8.55. The third-order valence-corrected chi connectivity index (χ3v) is 2.82. The Morgan fingerprint density at radius 1 is 1.50 bits per heavy atom. The van der Waals surface area contributed by atoms with Crippen molar-refractivity contribution in [3.8, 4) is 0 Å². The van der Waals surface area contributed by atoms with Gasteiger partial charge >= 0.3 is 0 Å². The van der Waals surface area contributed by atoms with Gasteiger partial charge in [-0.15, -0.1) is 0 Å². The Hall–Kier alpha value is -0.850. The van der Waals surface area contributed by atoms with Crippen molar-refractivity contribution in [3.63, 3.8) is 0 Å². The van der Waals surface area contributed by atoms with E-state index >= 15 is 0 Å². The molecule has 1 aromatic heterocycles. The van der Waals surface area contributed by atoms with E-state index in [9.17, 15) is 0 Å². The standard InChI is InChI=1S/C11H15N/c1-8-3-4-11-9(2)12-6-5-10(11)7-8/h5-6,8H,3-4,7H2,1-2H3. The van der Waals surface area contributed by atoms with Crippen LogP contribution in [0.2, 0.25) is 0 Å². The van der Waals surface area contributed by atoms with Crippen molar-refractivity contribution in [2.24, 2.45) is 5.92 Å². The van der Waals surface area contributed by atoms with Crippen LogP contribution in [0, 0.1) is 12.8 Å². The minimum Gasteiger partial charge on any atom is -0.261 e. The Kier molecular flexibility index (Phi) is 1.87. The molecule has 0 saturated heterocycles. The number of aromatic nitrogens is 1. The molecule has 12 heavy (non-hydrogen) atoms. The molecule has 64 valence electrons. The molecule has 1 unspecified atom stereocenters. The molecule has 1 aromatic rings. The molecule has 0 N–H and O–H groups in total. The van der Waals surface area contributed by atoms with Crippen LogP contribution in [0.25, 0.3) is 0 Å². The van der Waals surface area contributed by atoms with Crippen molar-refractivity contribution in [3.05, 3.63) is 29.1 Å². The van der Waals surface area contributed by atoms with Gasteiger partial charge in [-0.05, 0) is 49.3 Å². The Morgan fingerprint density at radius 2 is 2.33 bits per heavy atom. The van der Waals surface area contributed by atoms with Crippen molar-refractivity contribution in [2.45, 2.75) is 33.1 Å². The Morgan fingerprint density at radius 3 is 3.17 bits per heavy atom. The lowest BCUT2D eigenvalue weighted by atomic mass is 9.85. The van der Waals surface area contributed by atoms with Crippen molar-refractivity contribution in [1.29, 1.82) is 0 Å². The van der Waals surface area contributed by atoms with Gasteiger partial charge in [0.2, 0.25) is 0 Å². The Bertz CT molecular complexity index is 291. The molecular weight excluding hydrogens is 146 g/mol. The Balaban J connectivity index is 2.42. The van der Waals surface area contributed by atoms with Gasteiger partial charge in [0.1, 0.15) is 0 Å². The van der Waals surface area contributed by atoms with E-state index in [4.69, 9.17) is 0 Å². The van der Waals surface area contributed by atoms with Gasteiger partial charge in [0.25, 0.3) is 0 Å². The zero-order valence-corrected chi connectivity index (χ0v) is 7.80. The molecule has 0 bridgehead atoms. The van der Waals surface area contributed by atoms with E-state index in [0.29, 0.717) is 0 Å². The second-order valence-electron chi connectivity index (χ2n) is 3.88. The summed E-state index contributed by atoms with van der Waals surface area (Å²) in [5.41, 5.74) is 4.27. The van der Waals surface area contributed by atoms with Gasteiger partial charge < -0.3 is 0 Å². The first kappa shape index (κ1) is 7.78. The average molecular weight is 161 g/mol. The van der Waals surface area contributed by atoms with E-state index in [1.54, 1.807) is 0 Å². The molecule has 1 atom stereocenters. The smallest absolute Gasteiger partial charge is 0.0407 e. The molecule has 1 heterocycles. The summed E-state index contributed by atoms with van der Waals surface area (Å²) >= 11 is 0. The van der Waals surface area contributed by atoms with Gasteiger partial charge in [-0.3, -0.25) is 4.98 Å². The summed E-state index contributed by atoms with van der Waals surface area (Å²) in [5.74, 6) is 0.860. The van der Waals surface area contributed by atoms with Gasteiger partial charge in [-0.2, -0.15) is 0 Å². The number of hydrogen-bond acceptors (Lipinski definition) is 1. The fraction of sp³-hybridized carbons (Fsp3) is 0.545. The maximum Gasteiger partial charge on any atom is 0.0407 e. The number of nitrogens with zero attached hydrogens (tertiary/aromatic N) is 1. The van der Waals surface area contributed by atoms with E-state index in [-0.39, 0.29) is 0 Å². The van der Waals surface area contributed by atoms with Crippen molar-refractivity contribution < 1.29 is 0 Å². The second kappa shape index (κ2) is 2.89. The van der Waals surface area contributed by atoms with Crippen LogP contribution < -0.4 is 0 Å². The van der Waals surface area contributed by atoms with Crippen LogP contribution in [0.4, 0.5) is 0 Å². The highest BCUT2D eigenvalue weighted by atomic mass is 14.7. The molecular formula is C11H15N. The van der Waals surface area contributed by atoms with Crippen LogP contribution in [0.15, 0.2) is 12.3 Å². The van der Waals surface area contributed by atoms with E-state index < -0.39 is 0 Å². The second-order valence-corrected chi connectivity index (χ2v) is 3.88. The van der Waals surface area contributed by atoms with Crippen LogP contribution in [-0.4, -0.2) is 4.98 Å². The van der Waals surface area contributed by atoms with Gasteiger partial charge in [0, 0.05) is 11.9 Å². The summed E-state index contributed by atoms with van der Waals surface area (Å²) in [6, 6.07) is 2.18. The lowest BCUT2D eigenvalue weighted by molar-refractivity contribution is 0.498. The van der Waals surface area contributed by atoms with E-state index in [0.717, 1.165) is 5.92 Å². The summed E-state index contributed by atoms with van der Waals surface area (Å²) in [6.07, 6.45) is 5.75. The molecule has 1 heteroatoms. The maximum atomic E-state index is 4.32. The van der Waals surface area contributed by atoms with Gasteiger partial charge in [-0.25, -0.2) is 0 Å². The minimum atomic E-state index is 0.860. The van der Waals surface area contributed by atoms with Gasteiger partial charge in [-0.1, -0.05) is 6.92 Å². The van der Waals surface area contributed by atoms with Gasteiger partial charge in [0.15, 0.2) is 0 Å². The lowest BCUT2D eigenvalue weighted by Gasteiger charge is -2.22.